The monoisotopic (exact) mass is 496 g/mol. The summed E-state index contributed by atoms with van der Waals surface area (Å²) in [5.41, 5.74) is -0.340. The highest BCUT2D eigenvalue weighted by Crippen LogP contribution is 2.38. The summed E-state index contributed by atoms with van der Waals surface area (Å²) in [5, 5.41) is 1.73. The number of carbonyl (C=O) groups is 2. The molecule has 1 aliphatic carbocycles. The van der Waals surface area contributed by atoms with Gasteiger partial charge in [0.15, 0.2) is 0 Å². The molecule has 2 heterocycles. The molecule has 34 heavy (non-hydrogen) atoms. The Balaban J connectivity index is 1.37. The van der Waals surface area contributed by atoms with Crippen molar-refractivity contribution in [2.45, 2.75) is 76.0 Å². The van der Waals surface area contributed by atoms with E-state index in [0.29, 0.717) is 30.2 Å². The number of rotatable bonds is 8. The minimum absolute atomic E-state index is 0.0118. The van der Waals surface area contributed by atoms with Crippen LogP contribution in [0.5, 0.6) is 0 Å². The maximum Gasteiger partial charge on any atom is 0.417 e. The zero-order valence-electron chi connectivity index (χ0n) is 18.8. The van der Waals surface area contributed by atoms with E-state index in [1.165, 1.54) is 18.2 Å². The van der Waals surface area contributed by atoms with Gasteiger partial charge in [0, 0.05) is 12.0 Å². The number of imide groups is 1. The molecule has 0 radical (unpaired) electrons. The van der Waals surface area contributed by atoms with E-state index in [2.05, 4.69) is 10.3 Å². The number of nitrogens with zero attached hydrogens (tertiary/aromatic N) is 1. The number of alkyl halides is 3. The highest BCUT2D eigenvalue weighted by Gasteiger charge is 2.35. The summed E-state index contributed by atoms with van der Waals surface area (Å²) in [4.78, 5) is 27.5. The number of thioether (sulfide) groups is 1. The lowest BCUT2D eigenvalue weighted by Crippen LogP contribution is -2.26. The molecule has 1 saturated carbocycles. The van der Waals surface area contributed by atoms with Crippen LogP contribution in [0.25, 0.3) is 11.5 Å². The van der Waals surface area contributed by atoms with Crippen molar-refractivity contribution >= 4 is 22.9 Å². The standard InChI is InChI=1S/C24H27F3N2O4S/c1-2-19-18(28-22(33-19)16-8-3-4-9-17(16)24(25,26)27)13-32-15-7-5-6-14(12-15)10-11-20-21(30)29-23(31)34-20/h3-4,8-9,14-15,20H,2,5-7,10-13H2,1H3,(H,29,30,31)/t14-,15-,20?/m0/s1. The van der Waals surface area contributed by atoms with Gasteiger partial charge in [0.1, 0.15) is 11.5 Å². The van der Waals surface area contributed by atoms with E-state index in [0.717, 1.165) is 49.9 Å². The SMILES string of the molecule is CCc1oc(-c2ccccc2C(F)(F)F)nc1CO[C@H]1CCC[C@@H](CCC2SC(=O)NC2=O)C1. The van der Waals surface area contributed by atoms with E-state index in [4.69, 9.17) is 9.15 Å². The van der Waals surface area contributed by atoms with Crippen molar-refractivity contribution < 1.29 is 31.9 Å². The van der Waals surface area contributed by atoms with Crippen LogP contribution in [0, 0.1) is 5.92 Å². The quantitative estimate of drug-likeness (QED) is 0.474. The van der Waals surface area contributed by atoms with E-state index in [9.17, 15) is 22.8 Å². The second-order valence-corrected chi connectivity index (χ2v) is 9.89. The van der Waals surface area contributed by atoms with Crippen LogP contribution in [0.4, 0.5) is 18.0 Å². The van der Waals surface area contributed by atoms with Gasteiger partial charge in [-0.15, -0.1) is 0 Å². The first-order chi connectivity index (χ1) is 16.2. The number of oxazole rings is 1. The van der Waals surface area contributed by atoms with Gasteiger partial charge in [0.25, 0.3) is 5.24 Å². The molecule has 1 N–H and O–H groups in total. The van der Waals surface area contributed by atoms with Gasteiger partial charge in [0.05, 0.1) is 23.5 Å². The summed E-state index contributed by atoms with van der Waals surface area (Å²) in [6, 6.07) is 5.26. The van der Waals surface area contributed by atoms with Crippen molar-refractivity contribution in [3.8, 4) is 11.5 Å². The molecule has 3 atom stereocenters. The van der Waals surface area contributed by atoms with Gasteiger partial charge >= 0.3 is 6.18 Å². The fourth-order valence-electron chi connectivity index (χ4n) is 4.63. The second kappa shape index (κ2) is 10.5. The number of hydrogen-bond donors (Lipinski definition) is 1. The van der Waals surface area contributed by atoms with Crippen molar-refractivity contribution in [3.05, 3.63) is 41.3 Å². The van der Waals surface area contributed by atoms with E-state index >= 15 is 0 Å². The fourth-order valence-corrected chi connectivity index (χ4v) is 5.46. The summed E-state index contributed by atoms with van der Waals surface area (Å²) >= 11 is 1.06. The van der Waals surface area contributed by atoms with Crippen LogP contribution in [0.15, 0.2) is 28.7 Å². The molecule has 1 saturated heterocycles. The summed E-state index contributed by atoms with van der Waals surface area (Å²) in [5.74, 6) is 0.666. The maximum absolute atomic E-state index is 13.4. The first kappa shape index (κ1) is 24.8. The highest BCUT2D eigenvalue weighted by molar-refractivity contribution is 8.15. The first-order valence-corrected chi connectivity index (χ1v) is 12.4. The number of benzene rings is 1. The Morgan fingerprint density at radius 3 is 2.71 bits per heavy atom. The zero-order chi connectivity index (χ0) is 24.3. The molecule has 2 fully saturated rings. The molecule has 2 aromatic rings. The molecule has 1 aromatic heterocycles. The Labute approximate surface area is 200 Å². The minimum Gasteiger partial charge on any atom is -0.441 e. The largest absolute Gasteiger partial charge is 0.441 e. The van der Waals surface area contributed by atoms with E-state index in [1.54, 1.807) is 0 Å². The van der Waals surface area contributed by atoms with Crippen LogP contribution in [-0.2, 0) is 28.7 Å². The van der Waals surface area contributed by atoms with Crippen molar-refractivity contribution in [3.63, 3.8) is 0 Å². The number of carbonyl (C=O) groups excluding carboxylic acids is 2. The highest BCUT2D eigenvalue weighted by atomic mass is 32.2. The van der Waals surface area contributed by atoms with Crippen LogP contribution >= 0.6 is 11.8 Å². The number of nitrogens with one attached hydrogen (secondary N) is 1. The molecule has 1 aromatic carbocycles. The van der Waals surface area contributed by atoms with Gasteiger partial charge in [-0.3, -0.25) is 14.9 Å². The van der Waals surface area contributed by atoms with Crippen molar-refractivity contribution in [2.75, 3.05) is 0 Å². The third-order valence-corrected chi connectivity index (χ3v) is 7.41. The lowest BCUT2D eigenvalue weighted by atomic mass is 9.84. The van der Waals surface area contributed by atoms with E-state index in [1.807, 2.05) is 6.92 Å². The molecule has 1 unspecified atom stereocenters. The van der Waals surface area contributed by atoms with E-state index in [-0.39, 0.29) is 40.6 Å². The number of ether oxygens (including phenoxy) is 1. The summed E-state index contributed by atoms with van der Waals surface area (Å²) in [7, 11) is 0. The number of aryl methyl sites for hydroxylation is 1. The molecule has 1 aliphatic heterocycles. The lowest BCUT2D eigenvalue weighted by Gasteiger charge is -2.29. The third-order valence-electron chi connectivity index (χ3n) is 6.36. The van der Waals surface area contributed by atoms with Crippen LogP contribution < -0.4 is 5.32 Å². The van der Waals surface area contributed by atoms with Gasteiger partial charge in [-0.05, 0) is 43.7 Å². The molecular formula is C24H27F3N2O4S. The average molecular weight is 497 g/mol. The molecule has 184 valence electrons. The van der Waals surface area contributed by atoms with E-state index < -0.39 is 11.7 Å². The molecule has 2 amide bonds. The normalized spacial score (nSPS) is 23.4. The Morgan fingerprint density at radius 1 is 1.21 bits per heavy atom. The van der Waals surface area contributed by atoms with Crippen molar-refractivity contribution in [2.24, 2.45) is 5.92 Å². The Morgan fingerprint density at radius 2 is 2.00 bits per heavy atom. The lowest BCUT2D eigenvalue weighted by molar-refractivity contribution is -0.137. The summed E-state index contributed by atoms with van der Waals surface area (Å²) in [6.45, 7) is 2.04. The Kier molecular flexibility index (Phi) is 7.67. The molecule has 0 spiro atoms. The Hall–Kier alpha value is -2.33. The van der Waals surface area contributed by atoms with Gasteiger partial charge in [0.2, 0.25) is 11.8 Å². The molecule has 4 rings (SSSR count). The maximum atomic E-state index is 13.4. The van der Waals surface area contributed by atoms with Gasteiger partial charge in [-0.25, -0.2) is 4.98 Å². The summed E-state index contributed by atoms with van der Waals surface area (Å²) < 4.78 is 52.1. The fraction of sp³-hybridized carbons (Fsp3) is 0.542. The predicted molar refractivity (Wildman–Crippen MR) is 121 cm³/mol. The number of aromatic nitrogens is 1. The third kappa shape index (κ3) is 5.83. The van der Waals surface area contributed by atoms with Crippen LogP contribution in [0.1, 0.15) is 62.5 Å². The number of halogens is 3. The van der Waals surface area contributed by atoms with Crippen LogP contribution in [0.2, 0.25) is 0 Å². The Bertz CT molecular complexity index is 1040. The minimum atomic E-state index is -4.50. The molecule has 10 heteroatoms. The predicted octanol–water partition coefficient (Wildman–Crippen LogP) is 6.13. The zero-order valence-corrected chi connectivity index (χ0v) is 19.6. The topological polar surface area (TPSA) is 81.4 Å². The molecular weight excluding hydrogens is 469 g/mol. The molecule has 6 nitrogen and oxygen atoms in total. The smallest absolute Gasteiger partial charge is 0.417 e. The summed E-state index contributed by atoms with van der Waals surface area (Å²) in [6.07, 6.45) is 1.30. The average Bonchev–Trinajstić information content (AvgIpc) is 3.37. The molecule has 2 aliphatic rings. The number of amides is 2. The van der Waals surface area contributed by atoms with Crippen molar-refractivity contribution in [1.29, 1.82) is 0 Å². The molecule has 0 bridgehead atoms. The van der Waals surface area contributed by atoms with Gasteiger partial charge in [-0.2, -0.15) is 13.2 Å². The van der Waals surface area contributed by atoms with Gasteiger partial charge < -0.3 is 9.15 Å². The number of hydrogen-bond acceptors (Lipinski definition) is 6. The van der Waals surface area contributed by atoms with Gasteiger partial charge in [-0.1, -0.05) is 43.7 Å². The van der Waals surface area contributed by atoms with Crippen molar-refractivity contribution in [1.82, 2.24) is 10.3 Å². The first-order valence-electron chi connectivity index (χ1n) is 11.5. The van der Waals surface area contributed by atoms with Crippen LogP contribution in [0.3, 0.4) is 0 Å². The van der Waals surface area contributed by atoms with Crippen LogP contribution in [-0.4, -0.2) is 27.5 Å². The second-order valence-electron chi connectivity index (χ2n) is 8.71.